The van der Waals surface area contributed by atoms with Crippen LogP contribution in [0, 0.1) is 0 Å². The molecule has 0 aliphatic rings. The van der Waals surface area contributed by atoms with Crippen LogP contribution in [0.15, 0.2) is 12.3 Å². The second kappa shape index (κ2) is 4.32. The van der Waals surface area contributed by atoms with Crippen LogP contribution in [0.1, 0.15) is 18.7 Å². The summed E-state index contributed by atoms with van der Waals surface area (Å²) < 4.78 is 24.5. The number of aryl methyl sites for hydroxylation is 1. The highest BCUT2D eigenvalue weighted by Gasteiger charge is 2.27. The lowest BCUT2D eigenvalue weighted by Gasteiger charge is -2.20. The predicted octanol–water partition coefficient (Wildman–Crippen LogP) is 0.114. The lowest BCUT2D eigenvalue weighted by atomic mass is 10.1. The first-order valence-corrected chi connectivity index (χ1v) is 6.67. The maximum Gasteiger partial charge on any atom is 0.151 e. The molecule has 1 aromatic heterocycles. The Morgan fingerprint density at radius 3 is 2.47 bits per heavy atom. The summed E-state index contributed by atoms with van der Waals surface area (Å²) in [5, 5.41) is 6.70. The van der Waals surface area contributed by atoms with E-state index in [0.29, 0.717) is 0 Å². The number of sulfone groups is 1. The third-order valence-corrected chi connectivity index (χ3v) is 4.13. The lowest BCUT2D eigenvalue weighted by Crippen LogP contribution is -2.33. The molecule has 0 radical (unpaired) electrons. The van der Waals surface area contributed by atoms with Gasteiger partial charge >= 0.3 is 0 Å². The van der Waals surface area contributed by atoms with Gasteiger partial charge in [0.1, 0.15) is 0 Å². The van der Waals surface area contributed by atoms with Gasteiger partial charge in [-0.15, -0.1) is 0 Å². The molecule has 1 heterocycles. The van der Waals surface area contributed by atoms with E-state index in [1.54, 1.807) is 31.9 Å². The molecule has 15 heavy (non-hydrogen) atoms. The number of hydrogen-bond acceptors (Lipinski definition) is 4. The Bertz CT molecular complexity index is 424. The maximum atomic E-state index is 11.4. The van der Waals surface area contributed by atoms with Crippen LogP contribution in [0.25, 0.3) is 0 Å². The van der Waals surface area contributed by atoms with Crippen LogP contribution >= 0.6 is 0 Å². The summed E-state index contributed by atoms with van der Waals surface area (Å²) in [6.45, 7) is 1.69. The number of nitrogens with one attached hydrogen (secondary N) is 1. The predicted molar refractivity (Wildman–Crippen MR) is 59.3 cm³/mol. The second-order valence-corrected chi connectivity index (χ2v) is 6.12. The summed E-state index contributed by atoms with van der Waals surface area (Å²) in [5.41, 5.74) is 0.748. The van der Waals surface area contributed by atoms with E-state index < -0.39 is 15.1 Å². The molecule has 0 fully saturated rings. The first kappa shape index (κ1) is 12.2. The Kier molecular flexibility index (Phi) is 3.51. The quantitative estimate of drug-likeness (QED) is 0.799. The molecule has 0 bridgehead atoms. The highest BCUT2D eigenvalue weighted by Crippen LogP contribution is 2.19. The Labute approximate surface area is 90.4 Å². The van der Waals surface area contributed by atoms with Crippen LogP contribution < -0.4 is 5.32 Å². The molecule has 1 rings (SSSR count). The Hall–Kier alpha value is -0.880. The highest BCUT2D eigenvalue weighted by molar-refractivity contribution is 7.91. The zero-order valence-corrected chi connectivity index (χ0v) is 10.2. The molecule has 0 aliphatic carbocycles. The van der Waals surface area contributed by atoms with Gasteiger partial charge in [0.15, 0.2) is 9.84 Å². The van der Waals surface area contributed by atoms with E-state index in [2.05, 4.69) is 10.4 Å². The largest absolute Gasteiger partial charge is 0.311 e. The molecule has 1 N–H and O–H groups in total. The van der Waals surface area contributed by atoms with Gasteiger partial charge in [-0.1, -0.05) is 0 Å². The van der Waals surface area contributed by atoms with Crippen molar-refractivity contribution >= 4 is 9.84 Å². The van der Waals surface area contributed by atoms with Gasteiger partial charge in [0, 0.05) is 19.5 Å². The molecule has 6 heteroatoms. The Balaban J connectivity index is 2.99. The van der Waals surface area contributed by atoms with Crippen molar-refractivity contribution in [2.45, 2.75) is 18.2 Å². The molecule has 2 atom stereocenters. The first-order chi connectivity index (χ1) is 6.86. The third kappa shape index (κ3) is 2.79. The SMILES string of the molecule is CNC(c1ccn(C)n1)C(C)S(C)(=O)=O. The van der Waals surface area contributed by atoms with Crippen molar-refractivity contribution in [1.82, 2.24) is 15.1 Å². The summed E-state index contributed by atoms with van der Waals surface area (Å²) in [4.78, 5) is 0. The van der Waals surface area contributed by atoms with Crippen LogP contribution in [0.3, 0.4) is 0 Å². The number of aromatic nitrogens is 2. The van der Waals surface area contributed by atoms with Crippen LogP contribution in [-0.2, 0) is 16.9 Å². The molecule has 5 nitrogen and oxygen atoms in total. The molecule has 0 aromatic carbocycles. The standard InChI is InChI=1S/C9H17N3O2S/c1-7(15(4,13)14)9(10-2)8-5-6-12(3)11-8/h5-7,9-10H,1-4H3. The zero-order chi connectivity index (χ0) is 11.6. The Morgan fingerprint density at radius 1 is 1.53 bits per heavy atom. The van der Waals surface area contributed by atoms with Crippen LogP contribution in [0.4, 0.5) is 0 Å². The second-order valence-electron chi connectivity index (χ2n) is 3.72. The van der Waals surface area contributed by atoms with E-state index in [9.17, 15) is 8.42 Å². The third-order valence-electron chi connectivity index (χ3n) is 2.51. The normalized spacial score (nSPS) is 16.3. The summed E-state index contributed by atoms with van der Waals surface area (Å²) in [7, 11) is 0.479. The minimum atomic E-state index is -3.06. The fraction of sp³-hybridized carbons (Fsp3) is 0.667. The van der Waals surface area contributed by atoms with E-state index in [0.717, 1.165) is 5.69 Å². The molecule has 0 saturated carbocycles. The highest BCUT2D eigenvalue weighted by atomic mass is 32.2. The monoisotopic (exact) mass is 231 g/mol. The Morgan fingerprint density at radius 2 is 2.13 bits per heavy atom. The number of hydrogen-bond donors (Lipinski definition) is 1. The summed E-state index contributed by atoms with van der Waals surface area (Å²) in [6.07, 6.45) is 3.04. The van der Waals surface area contributed by atoms with E-state index in [-0.39, 0.29) is 6.04 Å². The van der Waals surface area contributed by atoms with Crippen LogP contribution in [-0.4, -0.2) is 36.8 Å². The topological polar surface area (TPSA) is 64.0 Å². The number of nitrogens with zero attached hydrogens (tertiary/aromatic N) is 2. The molecule has 0 saturated heterocycles. The van der Waals surface area contributed by atoms with Crippen molar-refractivity contribution in [3.63, 3.8) is 0 Å². The van der Waals surface area contributed by atoms with Crippen LogP contribution in [0.5, 0.6) is 0 Å². The number of rotatable bonds is 4. The van der Waals surface area contributed by atoms with Gasteiger partial charge in [-0.2, -0.15) is 5.10 Å². The molecule has 0 aliphatic heterocycles. The van der Waals surface area contributed by atoms with E-state index in [4.69, 9.17) is 0 Å². The van der Waals surface area contributed by atoms with E-state index in [1.807, 2.05) is 6.07 Å². The van der Waals surface area contributed by atoms with Gasteiger partial charge in [0.05, 0.1) is 17.0 Å². The van der Waals surface area contributed by atoms with Crippen molar-refractivity contribution in [3.8, 4) is 0 Å². The summed E-state index contributed by atoms with van der Waals surface area (Å²) in [5.74, 6) is 0. The average Bonchev–Trinajstić information content (AvgIpc) is 2.51. The minimum absolute atomic E-state index is 0.263. The fourth-order valence-corrected chi connectivity index (χ4v) is 2.24. The van der Waals surface area contributed by atoms with Crippen LogP contribution in [0.2, 0.25) is 0 Å². The van der Waals surface area contributed by atoms with Crippen molar-refractivity contribution in [2.24, 2.45) is 7.05 Å². The molecule has 86 valence electrons. The molecular weight excluding hydrogens is 214 g/mol. The summed E-state index contributed by atoms with van der Waals surface area (Å²) in [6, 6.07) is 1.56. The van der Waals surface area contributed by atoms with Crippen molar-refractivity contribution in [2.75, 3.05) is 13.3 Å². The van der Waals surface area contributed by atoms with Gasteiger partial charge < -0.3 is 5.32 Å². The molecule has 2 unspecified atom stereocenters. The smallest absolute Gasteiger partial charge is 0.151 e. The maximum absolute atomic E-state index is 11.4. The molecule has 0 spiro atoms. The fourth-order valence-electron chi connectivity index (χ4n) is 1.47. The van der Waals surface area contributed by atoms with Gasteiger partial charge in [-0.05, 0) is 20.0 Å². The van der Waals surface area contributed by atoms with E-state index in [1.165, 1.54) is 6.26 Å². The first-order valence-electron chi connectivity index (χ1n) is 4.72. The molecule has 1 aromatic rings. The van der Waals surface area contributed by atoms with Crippen molar-refractivity contribution in [1.29, 1.82) is 0 Å². The lowest BCUT2D eigenvalue weighted by molar-refractivity contribution is 0.521. The molecule has 0 amide bonds. The van der Waals surface area contributed by atoms with Gasteiger partial charge in [0.25, 0.3) is 0 Å². The minimum Gasteiger partial charge on any atom is -0.311 e. The van der Waals surface area contributed by atoms with Gasteiger partial charge in [-0.25, -0.2) is 8.42 Å². The molecular formula is C9H17N3O2S. The van der Waals surface area contributed by atoms with Gasteiger partial charge in [0.2, 0.25) is 0 Å². The summed E-state index contributed by atoms with van der Waals surface area (Å²) >= 11 is 0. The van der Waals surface area contributed by atoms with Crippen molar-refractivity contribution < 1.29 is 8.42 Å². The average molecular weight is 231 g/mol. The zero-order valence-electron chi connectivity index (χ0n) is 9.43. The van der Waals surface area contributed by atoms with Gasteiger partial charge in [-0.3, -0.25) is 4.68 Å². The van der Waals surface area contributed by atoms with Crippen molar-refractivity contribution in [3.05, 3.63) is 18.0 Å². The van der Waals surface area contributed by atoms with E-state index >= 15 is 0 Å².